The molecule has 0 radical (unpaired) electrons. The number of nitrogens with one attached hydrogen (secondary N) is 1. The number of nitrogens with zero attached hydrogens (tertiary/aromatic N) is 8. The Balaban J connectivity index is 1.17. The van der Waals surface area contributed by atoms with Crippen molar-refractivity contribution >= 4 is 67.1 Å². The molecule has 1 aliphatic carbocycles. The van der Waals surface area contributed by atoms with Gasteiger partial charge in [0.2, 0.25) is 0 Å². The molecule has 3 N–H and O–H groups in total. The van der Waals surface area contributed by atoms with Gasteiger partial charge in [0.1, 0.15) is 36.1 Å². The fourth-order valence-corrected chi connectivity index (χ4v) is 21.5. The van der Waals surface area contributed by atoms with Gasteiger partial charge in [-0.1, -0.05) is 73.6 Å². The number of phosphoric acid groups is 1. The first-order valence-corrected chi connectivity index (χ1v) is 31.4. The number of hydrogen-bond donors (Lipinski definition) is 3. The van der Waals surface area contributed by atoms with E-state index in [2.05, 4.69) is 25.3 Å². The summed E-state index contributed by atoms with van der Waals surface area (Å²) in [7, 11) is -14.9. The molecule has 0 bridgehead atoms. The third-order valence-corrected chi connectivity index (χ3v) is 25.5. The summed E-state index contributed by atoms with van der Waals surface area (Å²) in [5, 5.41) is 11.9. The summed E-state index contributed by atoms with van der Waals surface area (Å²) in [6, 6.07) is 10.2. The number of alkyl halides is 1. The molecule has 408 valence electrons. The van der Waals surface area contributed by atoms with Gasteiger partial charge in [0.25, 0.3) is 11.5 Å². The van der Waals surface area contributed by atoms with E-state index in [-0.39, 0.29) is 62.5 Å². The molecule has 23 nitrogen and oxygen atoms in total. The predicted octanol–water partition coefficient (Wildman–Crippen LogP) is 7.64. The molecule has 1 saturated carbocycles. The van der Waals surface area contributed by atoms with Gasteiger partial charge in [-0.05, 0) is 53.1 Å². The molecule has 0 spiro atoms. The van der Waals surface area contributed by atoms with Gasteiger partial charge in [-0.25, -0.2) is 33.3 Å². The van der Waals surface area contributed by atoms with Crippen LogP contribution in [0.4, 0.5) is 14.6 Å². The molecule has 75 heavy (non-hydrogen) atoms. The van der Waals surface area contributed by atoms with Gasteiger partial charge in [0, 0.05) is 18.8 Å². The number of imidazole rings is 1. The Morgan fingerprint density at radius 2 is 1.64 bits per heavy atom. The molecule has 3 aliphatic rings. The molecule has 5 aromatic rings. The third kappa shape index (κ3) is 11.4. The average molecular weight is 1120 g/mol. The number of carbonyl (C=O) groups is 1. The van der Waals surface area contributed by atoms with Crippen molar-refractivity contribution in [2.24, 2.45) is 13.0 Å². The van der Waals surface area contributed by atoms with Crippen LogP contribution in [0.2, 0.25) is 22.2 Å². The fraction of sp³-hybridized carbons (Fsp3) is 0.587. The molecule has 8 rings (SSSR count). The number of amides is 1. The quantitative estimate of drug-likeness (QED) is 0.0322. The van der Waals surface area contributed by atoms with Crippen LogP contribution in [-0.2, 0) is 52.3 Å². The number of ether oxygens (including phenoxy) is 2. The standard InChI is InChI=1S/C46H63F2N9O14P2Si2/c1-25(2)74(63,26(3)4)71-75(27(5)6,28(7)8)70-38-36(29-16-17-29)67-46(56-20-31(47)33-41(56)53-23-55(9)44(33)59)39(38)69-73(62,64-19-13-18-49)65-21-32-37(68-72(60)61)34(48)45(66-32)57-24-52-35-40(50-22-51-42(35)57)54-43(58)30-14-11-10-12-15-30/h10-12,14-15,20,22-29,32,34,36-39,45-46,63,72H,13,16-17,19,21H2,1-9H3,(H,60,61)(H,50,51,54,58)/t32-,34-,36-,37-,38-,39-,45-,46-,73?/m1/s1. The normalized spacial score (nSPS) is 24.7. The van der Waals surface area contributed by atoms with E-state index in [1.165, 1.54) is 17.9 Å². The third-order valence-electron chi connectivity index (χ3n) is 13.9. The van der Waals surface area contributed by atoms with Gasteiger partial charge in [-0.15, -0.1) is 0 Å². The van der Waals surface area contributed by atoms with E-state index in [1.54, 1.807) is 30.3 Å². The number of fused-ring (bicyclic) bond motifs is 2. The Labute approximate surface area is 433 Å². The number of hydrogen-bond acceptors (Lipinski definition) is 18. The van der Waals surface area contributed by atoms with Crippen LogP contribution < -0.4 is 10.9 Å². The van der Waals surface area contributed by atoms with Crippen molar-refractivity contribution in [2.45, 2.75) is 146 Å². The maximum Gasteiger partial charge on any atom is 0.475 e. The molecule has 1 amide bonds. The number of aryl methyl sites for hydroxylation is 1. The Kier molecular flexibility index (Phi) is 17.3. The van der Waals surface area contributed by atoms with E-state index in [0.29, 0.717) is 18.4 Å². The highest BCUT2D eigenvalue weighted by Crippen LogP contribution is 2.58. The van der Waals surface area contributed by atoms with Crippen LogP contribution in [0.3, 0.4) is 0 Å². The summed E-state index contributed by atoms with van der Waals surface area (Å²) in [6.07, 6.45) is -6.97. The number of anilines is 1. The smallest absolute Gasteiger partial charge is 0.414 e. The van der Waals surface area contributed by atoms with Crippen LogP contribution in [-0.4, -0.2) is 116 Å². The van der Waals surface area contributed by atoms with Crippen LogP contribution in [0.25, 0.3) is 22.2 Å². The topological polar surface area (TPSA) is 285 Å². The zero-order chi connectivity index (χ0) is 54.3. The fourth-order valence-electron chi connectivity index (χ4n) is 9.71. The Bertz CT molecular complexity index is 3020. The van der Waals surface area contributed by atoms with Gasteiger partial charge >= 0.3 is 33.2 Å². The Morgan fingerprint density at radius 3 is 2.27 bits per heavy atom. The molecule has 3 fully saturated rings. The average Bonchev–Trinajstić information content (AvgIpc) is 3.76. The zero-order valence-corrected chi connectivity index (χ0v) is 46.7. The molecule has 29 heteroatoms. The summed E-state index contributed by atoms with van der Waals surface area (Å²) in [5.74, 6) is -1.63. The second-order valence-corrected chi connectivity index (χ2v) is 31.1. The van der Waals surface area contributed by atoms with Gasteiger partial charge in [0.15, 0.2) is 47.1 Å². The van der Waals surface area contributed by atoms with Crippen LogP contribution >= 0.6 is 16.1 Å². The van der Waals surface area contributed by atoms with Crippen molar-refractivity contribution in [3.05, 3.63) is 77.2 Å². The lowest BCUT2D eigenvalue weighted by Gasteiger charge is -2.47. The predicted molar refractivity (Wildman–Crippen MR) is 271 cm³/mol. The lowest BCUT2D eigenvalue weighted by atomic mass is 10.1. The van der Waals surface area contributed by atoms with Gasteiger partial charge in [-0.3, -0.25) is 32.3 Å². The van der Waals surface area contributed by atoms with Crippen molar-refractivity contribution in [1.82, 2.24) is 33.6 Å². The minimum Gasteiger partial charge on any atom is -0.414 e. The molecule has 2 unspecified atom stereocenters. The molecule has 1 aromatic carbocycles. The van der Waals surface area contributed by atoms with E-state index in [0.717, 1.165) is 28.0 Å². The molecule has 2 saturated heterocycles. The van der Waals surface area contributed by atoms with Crippen molar-refractivity contribution in [1.29, 1.82) is 5.26 Å². The molecule has 2 aliphatic heterocycles. The summed E-state index contributed by atoms with van der Waals surface area (Å²) in [4.78, 5) is 66.0. The van der Waals surface area contributed by atoms with E-state index in [4.69, 9.17) is 36.1 Å². The molecule has 6 heterocycles. The zero-order valence-electron chi connectivity index (χ0n) is 42.8. The highest BCUT2D eigenvalue weighted by atomic mass is 31.2. The van der Waals surface area contributed by atoms with Crippen molar-refractivity contribution in [3.8, 4) is 6.07 Å². The summed E-state index contributed by atoms with van der Waals surface area (Å²) in [5.41, 5.74) is -1.69. The summed E-state index contributed by atoms with van der Waals surface area (Å²) < 4.78 is 115. The van der Waals surface area contributed by atoms with Crippen molar-refractivity contribution in [3.63, 3.8) is 0 Å². The summed E-state index contributed by atoms with van der Waals surface area (Å²) in [6.45, 7) is 13.9. The van der Waals surface area contributed by atoms with Gasteiger partial charge in [-0.2, -0.15) is 5.26 Å². The maximum atomic E-state index is 16.8. The SMILES string of the molecule is CC(C)[Si](O)(O[Si](O[C@H]1[C@@H](OP(=O)(OCCC#N)OC[C@H]2O[C@@H](n3cnc4c(NC(=O)c5ccccc5)ncnc43)[C@H](F)[C@@H]2O[PH](=O)O)[C@H](n2cc(F)c3c(=O)n(C)cnc32)O[C@@H]1C1CC1)(C(C)C)C(C)C)C(C)C. The second-order valence-electron chi connectivity index (χ2n) is 20.1. The molecular formula is C46H63F2N9O14P2Si2. The van der Waals surface area contributed by atoms with Crippen LogP contribution in [0, 0.1) is 23.1 Å². The number of nitriles is 1. The minimum atomic E-state index is -5.12. The number of aromatic nitrogens is 7. The number of phosphoric ester groups is 1. The Hall–Kier alpha value is -4.50. The number of rotatable bonds is 23. The highest BCUT2D eigenvalue weighted by molar-refractivity contribution is 7.48. The number of carbonyl (C=O) groups excluding carboxylic acids is 1. The van der Waals surface area contributed by atoms with Crippen molar-refractivity contribution < 1.29 is 68.5 Å². The van der Waals surface area contributed by atoms with Crippen LogP contribution in [0.5, 0.6) is 0 Å². The summed E-state index contributed by atoms with van der Waals surface area (Å²) >= 11 is 0. The monoisotopic (exact) mass is 1120 g/mol. The minimum absolute atomic E-state index is 0.00836. The van der Waals surface area contributed by atoms with E-state index >= 15 is 13.3 Å². The second kappa shape index (κ2) is 22.8. The molecule has 10 atom stereocenters. The van der Waals surface area contributed by atoms with E-state index < -0.39 is 113 Å². The first-order valence-electron chi connectivity index (χ1n) is 24.7. The van der Waals surface area contributed by atoms with Crippen LogP contribution in [0.1, 0.15) is 97.5 Å². The largest absolute Gasteiger partial charge is 0.475 e. The maximum absolute atomic E-state index is 16.8. The lowest BCUT2D eigenvalue weighted by Crippen LogP contribution is -2.62. The van der Waals surface area contributed by atoms with Crippen molar-refractivity contribution in [2.75, 3.05) is 18.5 Å². The number of halogens is 2. The van der Waals surface area contributed by atoms with E-state index in [1.807, 2.05) is 61.5 Å². The van der Waals surface area contributed by atoms with Crippen LogP contribution in [0.15, 0.2) is 60.3 Å². The molecule has 4 aromatic heterocycles. The first kappa shape index (κ1) is 56.7. The molecular weight excluding hydrogens is 1060 g/mol. The number of benzene rings is 1. The van der Waals surface area contributed by atoms with E-state index in [9.17, 15) is 29.1 Å². The highest BCUT2D eigenvalue weighted by Gasteiger charge is 2.62. The lowest BCUT2D eigenvalue weighted by molar-refractivity contribution is -0.0597. The Morgan fingerprint density at radius 1 is 0.947 bits per heavy atom. The van der Waals surface area contributed by atoms with Gasteiger partial charge in [0.05, 0.1) is 44.5 Å². The van der Waals surface area contributed by atoms with Gasteiger partial charge < -0.3 is 46.7 Å². The first-order chi connectivity index (χ1) is 35.5.